The maximum atomic E-state index is 12.9. The zero-order valence-electron chi connectivity index (χ0n) is 13.3. The maximum Gasteiger partial charge on any atom is 0.257 e. The van der Waals surface area contributed by atoms with Gasteiger partial charge in [0.25, 0.3) is 5.91 Å². The number of nitrogens with zero attached hydrogens (tertiary/aromatic N) is 1. The Bertz CT molecular complexity index is 761. The van der Waals surface area contributed by atoms with Gasteiger partial charge in [-0.1, -0.05) is 30.7 Å². The van der Waals surface area contributed by atoms with Crippen LogP contribution in [0.4, 0.5) is 17.1 Å². The number of rotatable bonds is 5. The molecule has 2 amide bonds. The number of carbonyl (C=O) groups is 2. The standard InChI is InChI=1S/C19H19ClN2O2/c20-13-7-1-2-12-18(23)22-16-10-5-3-8-14(16)19(24)21-15-9-4-6-11-17(15)22/h3-6,8-11H,1-2,7,12-13H2,(H,21,24). The molecular formula is C19H19ClN2O2. The number of benzene rings is 2. The van der Waals surface area contributed by atoms with Crippen molar-refractivity contribution in [2.45, 2.75) is 25.7 Å². The minimum atomic E-state index is -0.199. The predicted octanol–water partition coefficient (Wildman–Crippen LogP) is 4.72. The van der Waals surface area contributed by atoms with Crippen molar-refractivity contribution in [1.29, 1.82) is 0 Å². The molecule has 1 N–H and O–H groups in total. The average molecular weight is 343 g/mol. The Morgan fingerprint density at radius 3 is 2.46 bits per heavy atom. The van der Waals surface area contributed by atoms with E-state index in [1.165, 1.54) is 0 Å². The number of amides is 2. The summed E-state index contributed by atoms with van der Waals surface area (Å²) in [5.74, 6) is 0.401. The Morgan fingerprint density at radius 1 is 0.958 bits per heavy atom. The summed E-state index contributed by atoms with van der Waals surface area (Å²) < 4.78 is 0. The molecule has 1 heterocycles. The molecule has 0 saturated heterocycles. The van der Waals surface area contributed by atoms with Crippen LogP contribution in [-0.4, -0.2) is 17.7 Å². The lowest BCUT2D eigenvalue weighted by Gasteiger charge is -2.24. The van der Waals surface area contributed by atoms with E-state index in [0.717, 1.165) is 19.3 Å². The molecule has 24 heavy (non-hydrogen) atoms. The van der Waals surface area contributed by atoms with Crippen LogP contribution in [0.5, 0.6) is 0 Å². The average Bonchev–Trinajstić information content (AvgIpc) is 2.73. The molecule has 0 saturated carbocycles. The lowest BCUT2D eigenvalue weighted by atomic mass is 10.1. The van der Waals surface area contributed by atoms with Gasteiger partial charge < -0.3 is 5.32 Å². The van der Waals surface area contributed by atoms with Gasteiger partial charge in [-0.05, 0) is 37.1 Å². The molecular weight excluding hydrogens is 324 g/mol. The molecule has 2 aromatic rings. The first-order valence-electron chi connectivity index (χ1n) is 8.10. The number of hydrogen-bond donors (Lipinski definition) is 1. The molecule has 0 aromatic heterocycles. The second kappa shape index (κ2) is 7.49. The molecule has 124 valence electrons. The lowest BCUT2D eigenvalue weighted by Crippen LogP contribution is -2.26. The van der Waals surface area contributed by atoms with Crippen LogP contribution in [0.3, 0.4) is 0 Å². The molecule has 0 aliphatic carbocycles. The van der Waals surface area contributed by atoms with E-state index >= 15 is 0 Å². The Hall–Kier alpha value is -2.33. The number of alkyl halides is 1. The van der Waals surface area contributed by atoms with Gasteiger partial charge in [-0.25, -0.2) is 0 Å². The van der Waals surface area contributed by atoms with Crippen molar-refractivity contribution in [1.82, 2.24) is 0 Å². The van der Waals surface area contributed by atoms with Gasteiger partial charge in [0.1, 0.15) is 0 Å². The largest absolute Gasteiger partial charge is 0.320 e. The highest BCUT2D eigenvalue weighted by Crippen LogP contribution is 2.38. The fourth-order valence-electron chi connectivity index (χ4n) is 2.88. The lowest BCUT2D eigenvalue weighted by molar-refractivity contribution is -0.118. The van der Waals surface area contributed by atoms with E-state index in [2.05, 4.69) is 5.32 Å². The number of unbranched alkanes of at least 4 members (excludes halogenated alkanes) is 2. The summed E-state index contributed by atoms with van der Waals surface area (Å²) in [4.78, 5) is 27.0. The van der Waals surface area contributed by atoms with Gasteiger partial charge in [0, 0.05) is 12.3 Å². The van der Waals surface area contributed by atoms with Crippen molar-refractivity contribution in [2.75, 3.05) is 16.1 Å². The normalized spacial score (nSPS) is 12.9. The van der Waals surface area contributed by atoms with Crippen LogP contribution in [-0.2, 0) is 4.79 Å². The van der Waals surface area contributed by atoms with Crippen LogP contribution in [0.2, 0.25) is 0 Å². The first-order chi connectivity index (χ1) is 11.7. The van der Waals surface area contributed by atoms with Crippen molar-refractivity contribution >= 4 is 40.5 Å². The summed E-state index contributed by atoms with van der Waals surface area (Å²) in [7, 11) is 0. The van der Waals surface area contributed by atoms with Crippen molar-refractivity contribution < 1.29 is 9.59 Å². The van der Waals surface area contributed by atoms with Crippen molar-refractivity contribution in [3.8, 4) is 0 Å². The Kier molecular flexibility index (Phi) is 5.16. The monoisotopic (exact) mass is 342 g/mol. The first kappa shape index (κ1) is 16.5. The maximum absolute atomic E-state index is 12.9. The van der Waals surface area contributed by atoms with Crippen LogP contribution in [0, 0.1) is 0 Å². The van der Waals surface area contributed by atoms with Gasteiger partial charge >= 0.3 is 0 Å². The molecule has 0 bridgehead atoms. The minimum Gasteiger partial charge on any atom is -0.320 e. The summed E-state index contributed by atoms with van der Waals surface area (Å²) in [6, 6.07) is 14.6. The first-order valence-corrected chi connectivity index (χ1v) is 8.64. The van der Waals surface area contributed by atoms with Crippen molar-refractivity contribution in [3.05, 3.63) is 54.1 Å². The van der Waals surface area contributed by atoms with Gasteiger partial charge in [0.15, 0.2) is 0 Å². The van der Waals surface area contributed by atoms with Crippen molar-refractivity contribution in [2.24, 2.45) is 0 Å². The van der Waals surface area contributed by atoms with E-state index in [1.54, 1.807) is 17.0 Å². The van der Waals surface area contributed by atoms with Crippen LogP contribution in [0.1, 0.15) is 36.0 Å². The van der Waals surface area contributed by atoms with E-state index in [9.17, 15) is 9.59 Å². The topological polar surface area (TPSA) is 49.4 Å². The smallest absolute Gasteiger partial charge is 0.257 e. The van der Waals surface area contributed by atoms with E-state index in [4.69, 9.17) is 11.6 Å². The van der Waals surface area contributed by atoms with E-state index in [0.29, 0.717) is 34.9 Å². The van der Waals surface area contributed by atoms with Crippen LogP contribution in [0.25, 0.3) is 0 Å². The number of nitrogens with one attached hydrogen (secondary N) is 1. The van der Waals surface area contributed by atoms with Crippen LogP contribution < -0.4 is 10.2 Å². The number of carbonyl (C=O) groups excluding carboxylic acids is 2. The number of halogens is 1. The number of para-hydroxylation sites is 3. The third kappa shape index (κ3) is 3.29. The number of anilines is 3. The molecule has 5 heteroatoms. The second-order valence-corrected chi connectivity index (χ2v) is 6.10. The number of hydrogen-bond acceptors (Lipinski definition) is 2. The highest BCUT2D eigenvalue weighted by molar-refractivity contribution is 6.18. The summed E-state index contributed by atoms with van der Waals surface area (Å²) >= 11 is 5.70. The fourth-order valence-corrected chi connectivity index (χ4v) is 3.07. The van der Waals surface area contributed by atoms with Crippen LogP contribution >= 0.6 is 11.6 Å². The molecule has 4 nitrogen and oxygen atoms in total. The van der Waals surface area contributed by atoms with E-state index < -0.39 is 0 Å². The molecule has 0 unspecified atom stereocenters. The molecule has 0 fully saturated rings. The van der Waals surface area contributed by atoms with Gasteiger partial charge in [-0.15, -0.1) is 11.6 Å². The molecule has 1 aliphatic heterocycles. The SMILES string of the molecule is O=C1Nc2ccccc2N(C(=O)CCCCCCl)c2ccccc21. The third-order valence-corrected chi connectivity index (χ3v) is 4.32. The zero-order valence-corrected chi connectivity index (χ0v) is 14.1. The molecule has 0 spiro atoms. The highest BCUT2D eigenvalue weighted by Gasteiger charge is 2.28. The molecule has 2 aromatic carbocycles. The summed E-state index contributed by atoms with van der Waals surface area (Å²) in [6.45, 7) is 0. The van der Waals surface area contributed by atoms with Gasteiger partial charge in [0.05, 0.1) is 22.6 Å². The molecule has 0 radical (unpaired) electrons. The second-order valence-electron chi connectivity index (χ2n) is 5.72. The van der Waals surface area contributed by atoms with E-state index in [1.807, 2.05) is 36.4 Å². The molecule has 0 atom stereocenters. The zero-order chi connectivity index (χ0) is 16.9. The minimum absolute atomic E-state index is 0.0130. The van der Waals surface area contributed by atoms with E-state index in [-0.39, 0.29) is 11.8 Å². The Labute approximate surface area is 146 Å². The predicted molar refractivity (Wildman–Crippen MR) is 97.2 cm³/mol. The summed E-state index contributed by atoms with van der Waals surface area (Å²) in [5, 5.41) is 2.89. The highest BCUT2D eigenvalue weighted by atomic mass is 35.5. The quantitative estimate of drug-likeness (QED) is 0.631. The Balaban J connectivity index is 1.98. The Morgan fingerprint density at radius 2 is 1.67 bits per heavy atom. The van der Waals surface area contributed by atoms with Gasteiger partial charge in [0.2, 0.25) is 5.91 Å². The van der Waals surface area contributed by atoms with Crippen molar-refractivity contribution in [3.63, 3.8) is 0 Å². The molecule has 3 rings (SSSR count). The fraction of sp³-hybridized carbons (Fsp3) is 0.263. The summed E-state index contributed by atoms with van der Waals surface area (Å²) in [5.41, 5.74) is 2.48. The number of fused-ring (bicyclic) bond motifs is 2. The van der Waals surface area contributed by atoms with Gasteiger partial charge in [-0.2, -0.15) is 0 Å². The molecule has 1 aliphatic rings. The van der Waals surface area contributed by atoms with Crippen LogP contribution in [0.15, 0.2) is 48.5 Å². The third-order valence-electron chi connectivity index (χ3n) is 4.06. The van der Waals surface area contributed by atoms with Gasteiger partial charge in [-0.3, -0.25) is 14.5 Å². The summed E-state index contributed by atoms with van der Waals surface area (Å²) in [6.07, 6.45) is 3.03.